The van der Waals surface area contributed by atoms with Gasteiger partial charge in [0.05, 0.1) is 16.6 Å². The van der Waals surface area contributed by atoms with Gasteiger partial charge in [-0.05, 0) is 31.2 Å². The molecule has 2 heterocycles. The van der Waals surface area contributed by atoms with Gasteiger partial charge < -0.3 is 0 Å². The average Bonchev–Trinajstić information content (AvgIpc) is 2.92. The van der Waals surface area contributed by atoms with Gasteiger partial charge in [0.15, 0.2) is 0 Å². The van der Waals surface area contributed by atoms with Gasteiger partial charge in [-0.2, -0.15) is 9.61 Å². The predicted molar refractivity (Wildman–Crippen MR) is 80.8 cm³/mol. The van der Waals surface area contributed by atoms with Crippen LogP contribution in [-0.2, 0) is 0 Å². The lowest BCUT2D eigenvalue weighted by molar-refractivity contribution is 0.915. The zero-order valence-electron chi connectivity index (χ0n) is 11.4. The van der Waals surface area contributed by atoms with Gasteiger partial charge in [0, 0.05) is 0 Å². The highest BCUT2D eigenvalue weighted by atomic mass is 16.1. The molecule has 0 aliphatic carbocycles. The number of aromatic nitrogens is 4. The maximum Gasteiger partial charge on any atom is 0.283 e. The zero-order chi connectivity index (χ0) is 14.4. The zero-order valence-corrected chi connectivity index (χ0v) is 11.4. The van der Waals surface area contributed by atoms with Crippen molar-refractivity contribution >= 4 is 16.7 Å². The second kappa shape index (κ2) is 4.28. The summed E-state index contributed by atoms with van der Waals surface area (Å²) in [4.78, 5) is 17.0. The van der Waals surface area contributed by atoms with Crippen LogP contribution in [0.2, 0.25) is 0 Å². The van der Waals surface area contributed by atoms with E-state index in [4.69, 9.17) is 0 Å². The maximum atomic E-state index is 12.4. The molecule has 4 rings (SSSR count). The molecule has 0 bridgehead atoms. The Kier molecular flexibility index (Phi) is 2.41. The molecule has 102 valence electrons. The van der Waals surface area contributed by atoms with Crippen LogP contribution < -0.4 is 5.56 Å². The van der Waals surface area contributed by atoms with Crippen molar-refractivity contribution in [1.82, 2.24) is 19.2 Å². The number of rotatable bonds is 1. The summed E-state index contributed by atoms with van der Waals surface area (Å²) >= 11 is 0. The molecule has 0 radical (unpaired) electrons. The minimum Gasteiger partial charge on any atom is -0.267 e. The van der Waals surface area contributed by atoms with Crippen LogP contribution in [0.25, 0.3) is 22.4 Å². The normalized spacial score (nSPS) is 11.3. The summed E-state index contributed by atoms with van der Waals surface area (Å²) in [7, 11) is 0. The number of fused-ring (bicyclic) bond motifs is 2. The number of benzene rings is 2. The molecule has 5 heteroatoms. The minimum absolute atomic E-state index is 0.151. The monoisotopic (exact) mass is 276 g/mol. The molecule has 0 fully saturated rings. The van der Waals surface area contributed by atoms with Gasteiger partial charge in [-0.3, -0.25) is 9.36 Å². The fraction of sp³-hybridized carbons (Fsp3) is 0.0625. The van der Waals surface area contributed by atoms with E-state index in [2.05, 4.69) is 10.1 Å². The Labute approximate surface area is 120 Å². The van der Waals surface area contributed by atoms with Crippen LogP contribution in [-0.4, -0.2) is 19.2 Å². The topological polar surface area (TPSA) is 52.2 Å². The first-order valence-corrected chi connectivity index (χ1v) is 6.66. The fourth-order valence-corrected chi connectivity index (χ4v) is 2.41. The first-order valence-electron chi connectivity index (χ1n) is 6.66. The van der Waals surface area contributed by atoms with E-state index in [9.17, 15) is 4.79 Å². The first-order chi connectivity index (χ1) is 10.2. The molecule has 0 amide bonds. The van der Waals surface area contributed by atoms with Gasteiger partial charge in [-0.25, -0.2) is 4.98 Å². The second-order valence-electron chi connectivity index (χ2n) is 4.98. The highest BCUT2D eigenvalue weighted by molar-refractivity contribution is 5.79. The third kappa shape index (κ3) is 1.74. The van der Waals surface area contributed by atoms with Crippen LogP contribution in [0.3, 0.4) is 0 Å². The minimum atomic E-state index is -0.151. The molecule has 21 heavy (non-hydrogen) atoms. The number of hydrogen-bond acceptors (Lipinski definition) is 3. The summed E-state index contributed by atoms with van der Waals surface area (Å²) in [5, 5.41) is 4.75. The number of hydrogen-bond donors (Lipinski definition) is 0. The Morgan fingerprint density at radius 3 is 2.57 bits per heavy atom. The molecule has 0 aliphatic rings. The molecule has 0 aliphatic heterocycles. The SMILES string of the molecule is Cc1ccc(-n2cnn3c(=O)c4ccccc4nc23)cc1. The van der Waals surface area contributed by atoms with Crippen molar-refractivity contribution in [2.45, 2.75) is 6.92 Å². The van der Waals surface area contributed by atoms with Crippen LogP contribution in [0.15, 0.2) is 59.7 Å². The van der Waals surface area contributed by atoms with Crippen molar-refractivity contribution in [1.29, 1.82) is 0 Å². The molecular formula is C16H12N4O. The third-order valence-electron chi connectivity index (χ3n) is 3.55. The van der Waals surface area contributed by atoms with Crippen molar-refractivity contribution in [3.05, 3.63) is 70.8 Å². The predicted octanol–water partition coefficient (Wildman–Crippen LogP) is 2.34. The van der Waals surface area contributed by atoms with Crippen LogP contribution >= 0.6 is 0 Å². The van der Waals surface area contributed by atoms with Gasteiger partial charge in [0.2, 0.25) is 5.78 Å². The van der Waals surface area contributed by atoms with E-state index in [1.807, 2.05) is 54.0 Å². The summed E-state index contributed by atoms with van der Waals surface area (Å²) in [5.41, 5.74) is 2.63. The standard InChI is InChI=1S/C16H12N4O/c1-11-6-8-12(9-7-11)19-10-17-20-15(21)13-4-2-3-5-14(13)18-16(19)20/h2-10H,1H3. The molecule has 2 aromatic carbocycles. The van der Waals surface area contributed by atoms with Crippen molar-refractivity contribution in [2.75, 3.05) is 0 Å². The summed E-state index contributed by atoms with van der Waals surface area (Å²) < 4.78 is 3.15. The number of para-hydroxylation sites is 1. The lowest BCUT2D eigenvalue weighted by atomic mass is 10.2. The Morgan fingerprint density at radius 2 is 1.76 bits per heavy atom. The second-order valence-corrected chi connectivity index (χ2v) is 4.98. The maximum absolute atomic E-state index is 12.4. The summed E-state index contributed by atoms with van der Waals surface area (Å²) in [6.07, 6.45) is 1.62. The van der Waals surface area contributed by atoms with Crippen molar-refractivity contribution in [3.8, 4) is 5.69 Å². The largest absolute Gasteiger partial charge is 0.283 e. The van der Waals surface area contributed by atoms with E-state index in [-0.39, 0.29) is 5.56 Å². The lowest BCUT2D eigenvalue weighted by Gasteiger charge is -2.04. The molecule has 5 nitrogen and oxygen atoms in total. The fourth-order valence-electron chi connectivity index (χ4n) is 2.41. The van der Waals surface area contributed by atoms with Crippen LogP contribution in [0.1, 0.15) is 5.56 Å². The molecule has 4 aromatic rings. The van der Waals surface area contributed by atoms with Crippen molar-refractivity contribution < 1.29 is 0 Å². The first kappa shape index (κ1) is 11.8. The van der Waals surface area contributed by atoms with Gasteiger partial charge in [-0.15, -0.1) is 0 Å². The Hall–Kier alpha value is -2.95. The Morgan fingerprint density at radius 1 is 1.00 bits per heavy atom. The molecule has 0 unspecified atom stereocenters. The highest BCUT2D eigenvalue weighted by Gasteiger charge is 2.10. The van der Waals surface area contributed by atoms with Crippen LogP contribution in [0.5, 0.6) is 0 Å². The molecular weight excluding hydrogens is 264 g/mol. The van der Waals surface area contributed by atoms with E-state index in [0.717, 1.165) is 5.69 Å². The molecule has 2 aromatic heterocycles. The van der Waals surface area contributed by atoms with Gasteiger partial charge in [0.1, 0.15) is 6.33 Å². The smallest absolute Gasteiger partial charge is 0.267 e. The number of aryl methyl sites for hydroxylation is 1. The molecule has 0 saturated heterocycles. The number of nitrogens with zero attached hydrogens (tertiary/aromatic N) is 4. The van der Waals surface area contributed by atoms with Crippen LogP contribution in [0, 0.1) is 6.92 Å². The van der Waals surface area contributed by atoms with Gasteiger partial charge in [-0.1, -0.05) is 29.8 Å². The Bertz CT molecular complexity index is 1010. The quantitative estimate of drug-likeness (QED) is 0.536. The van der Waals surface area contributed by atoms with E-state index in [0.29, 0.717) is 16.7 Å². The molecule has 0 saturated carbocycles. The molecule has 0 N–H and O–H groups in total. The highest BCUT2D eigenvalue weighted by Crippen LogP contribution is 2.14. The van der Waals surface area contributed by atoms with Gasteiger partial charge in [0.25, 0.3) is 5.56 Å². The van der Waals surface area contributed by atoms with E-state index < -0.39 is 0 Å². The van der Waals surface area contributed by atoms with Gasteiger partial charge >= 0.3 is 0 Å². The van der Waals surface area contributed by atoms with Crippen LogP contribution in [0.4, 0.5) is 0 Å². The van der Waals surface area contributed by atoms with E-state index in [1.54, 1.807) is 12.4 Å². The molecule has 0 spiro atoms. The summed E-state index contributed by atoms with van der Waals surface area (Å²) in [6.45, 7) is 2.03. The Balaban J connectivity index is 2.08. The molecule has 0 atom stereocenters. The third-order valence-corrected chi connectivity index (χ3v) is 3.55. The lowest BCUT2D eigenvalue weighted by Crippen LogP contribution is -2.16. The summed E-state index contributed by atoms with van der Waals surface area (Å²) in [6, 6.07) is 15.3. The summed E-state index contributed by atoms with van der Waals surface area (Å²) in [5.74, 6) is 0.516. The van der Waals surface area contributed by atoms with Crippen molar-refractivity contribution in [3.63, 3.8) is 0 Å². The van der Waals surface area contributed by atoms with E-state index in [1.165, 1.54) is 10.1 Å². The van der Waals surface area contributed by atoms with E-state index >= 15 is 0 Å². The average molecular weight is 276 g/mol. The van der Waals surface area contributed by atoms with Crippen molar-refractivity contribution in [2.24, 2.45) is 0 Å².